The van der Waals surface area contributed by atoms with Crippen LogP contribution in [0.1, 0.15) is 24.5 Å². The molecule has 0 bridgehead atoms. The number of hydrogen-bond donors (Lipinski definition) is 0. The van der Waals surface area contributed by atoms with Crippen LogP contribution in [-0.4, -0.2) is 48.7 Å². The van der Waals surface area contributed by atoms with Gasteiger partial charge in [-0.15, -0.1) is 0 Å². The SMILES string of the molecule is CCN(Cc1ccc2c(c1)OCO2)C(=O)CN1CC=C(c2ccccc2)CC1. The van der Waals surface area contributed by atoms with Crippen molar-refractivity contribution in [2.45, 2.75) is 19.9 Å². The number of amides is 1. The summed E-state index contributed by atoms with van der Waals surface area (Å²) >= 11 is 0. The summed E-state index contributed by atoms with van der Waals surface area (Å²) in [5.74, 6) is 1.69. The zero-order chi connectivity index (χ0) is 19.3. The van der Waals surface area contributed by atoms with Crippen LogP contribution in [0.2, 0.25) is 0 Å². The van der Waals surface area contributed by atoms with Crippen molar-refractivity contribution in [2.75, 3.05) is 33.0 Å². The van der Waals surface area contributed by atoms with Gasteiger partial charge in [0.2, 0.25) is 12.7 Å². The number of hydrogen-bond acceptors (Lipinski definition) is 4. The predicted molar refractivity (Wildman–Crippen MR) is 109 cm³/mol. The van der Waals surface area contributed by atoms with E-state index in [9.17, 15) is 4.79 Å². The highest BCUT2D eigenvalue weighted by Crippen LogP contribution is 2.32. The van der Waals surface area contributed by atoms with Gasteiger partial charge in [-0.1, -0.05) is 42.5 Å². The lowest BCUT2D eigenvalue weighted by Gasteiger charge is -2.29. The molecule has 5 nitrogen and oxygen atoms in total. The number of likely N-dealkylation sites (N-methyl/N-ethyl adjacent to an activating group) is 1. The van der Waals surface area contributed by atoms with Crippen molar-refractivity contribution in [1.82, 2.24) is 9.80 Å². The highest BCUT2D eigenvalue weighted by molar-refractivity contribution is 5.78. The second-order valence-corrected chi connectivity index (χ2v) is 7.18. The quantitative estimate of drug-likeness (QED) is 0.771. The maximum Gasteiger partial charge on any atom is 0.237 e. The van der Waals surface area contributed by atoms with Gasteiger partial charge in [0.1, 0.15) is 0 Å². The van der Waals surface area contributed by atoms with Crippen LogP contribution in [-0.2, 0) is 11.3 Å². The molecule has 0 atom stereocenters. The van der Waals surface area contributed by atoms with Gasteiger partial charge < -0.3 is 14.4 Å². The molecule has 4 rings (SSSR count). The monoisotopic (exact) mass is 378 g/mol. The molecule has 1 amide bonds. The first kappa shape index (κ1) is 18.6. The van der Waals surface area contributed by atoms with Gasteiger partial charge in [-0.25, -0.2) is 0 Å². The largest absolute Gasteiger partial charge is 0.454 e. The van der Waals surface area contributed by atoms with Gasteiger partial charge >= 0.3 is 0 Å². The first-order chi connectivity index (χ1) is 13.7. The number of rotatable bonds is 6. The van der Waals surface area contributed by atoms with Crippen LogP contribution in [0, 0.1) is 0 Å². The Bertz CT molecular complexity index is 863. The van der Waals surface area contributed by atoms with E-state index in [2.05, 4.69) is 35.2 Å². The van der Waals surface area contributed by atoms with Gasteiger partial charge in [0, 0.05) is 26.2 Å². The van der Waals surface area contributed by atoms with Gasteiger partial charge in [0.05, 0.1) is 6.54 Å². The lowest BCUT2D eigenvalue weighted by molar-refractivity contribution is -0.132. The predicted octanol–water partition coefficient (Wildman–Crippen LogP) is 3.55. The summed E-state index contributed by atoms with van der Waals surface area (Å²) in [6.45, 7) is 5.75. The first-order valence-corrected chi connectivity index (χ1v) is 9.86. The molecule has 0 unspecified atom stereocenters. The Morgan fingerprint density at radius 1 is 1.11 bits per heavy atom. The van der Waals surface area contributed by atoms with Gasteiger partial charge in [0.25, 0.3) is 0 Å². The molecule has 2 aliphatic heterocycles. The summed E-state index contributed by atoms with van der Waals surface area (Å²) in [4.78, 5) is 17.0. The molecule has 28 heavy (non-hydrogen) atoms. The molecule has 0 spiro atoms. The van der Waals surface area contributed by atoms with Crippen molar-refractivity contribution >= 4 is 11.5 Å². The first-order valence-electron chi connectivity index (χ1n) is 9.86. The molecule has 0 saturated heterocycles. The average molecular weight is 378 g/mol. The normalized spacial score (nSPS) is 16.0. The van der Waals surface area contributed by atoms with E-state index in [1.54, 1.807) is 0 Å². The van der Waals surface area contributed by atoms with Crippen molar-refractivity contribution in [1.29, 1.82) is 0 Å². The Morgan fingerprint density at radius 2 is 1.93 bits per heavy atom. The molecule has 2 aromatic carbocycles. The molecule has 0 radical (unpaired) electrons. The summed E-state index contributed by atoms with van der Waals surface area (Å²) in [5, 5.41) is 0. The van der Waals surface area contributed by atoms with Crippen molar-refractivity contribution in [3.8, 4) is 11.5 Å². The lowest BCUT2D eigenvalue weighted by atomic mass is 9.99. The molecule has 0 aliphatic carbocycles. The second kappa shape index (κ2) is 8.48. The van der Waals surface area contributed by atoms with Crippen LogP contribution in [0.25, 0.3) is 5.57 Å². The highest BCUT2D eigenvalue weighted by Gasteiger charge is 2.20. The van der Waals surface area contributed by atoms with Crippen LogP contribution in [0.5, 0.6) is 11.5 Å². The van der Waals surface area contributed by atoms with Gasteiger partial charge in [-0.05, 0) is 42.2 Å². The number of ether oxygens (including phenoxy) is 2. The van der Waals surface area contributed by atoms with E-state index in [-0.39, 0.29) is 12.7 Å². The standard InChI is InChI=1S/C23H26N2O3/c1-2-25(15-18-8-9-21-22(14-18)28-17-27-21)23(26)16-24-12-10-20(11-13-24)19-6-4-3-5-7-19/h3-10,14H,2,11-13,15-17H2,1H3. The fourth-order valence-corrected chi connectivity index (χ4v) is 3.70. The Balaban J connectivity index is 1.34. The van der Waals surface area contributed by atoms with E-state index < -0.39 is 0 Å². The molecule has 2 aliphatic rings. The summed E-state index contributed by atoms with van der Waals surface area (Å²) in [6.07, 6.45) is 3.23. The summed E-state index contributed by atoms with van der Waals surface area (Å²) < 4.78 is 10.8. The second-order valence-electron chi connectivity index (χ2n) is 7.18. The summed E-state index contributed by atoms with van der Waals surface area (Å²) in [6, 6.07) is 16.4. The number of fused-ring (bicyclic) bond motifs is 1. The molecule has 0 N–H and O–H groups in total. The number of carbonyl (C=O) groups excluding carboxylic acids is 1. The minimum atomic E-state index is 0.164. The fraction of sp³-hybridized carbons (Fsp3) is 0.348. The summed E-state index contributed by atoms with van der Waals surface area (Å²) in [5.41, 5.74) is 3.72. The third-order valence-corrected chi connectivity index (χ3v) is 5.34. The molecule has 2 heterocycles. The molecular formula is C23H26N2O3. The zero-order valence-electron chi connectivity index (χ0n) is 16.3. The smallest absolute Gasteiger partial charge is 0.237 e. The van der Waals surface area contributed by atoms with Crippen LogP contribution in [0.3, 0.4) is 0 Å². The lowest BCUT2D eigenvalue weighted by Crippen LogP contribution is -2.41. The number of benzene rings is 2. The van der Waals surface area contributed by atoms with Crippen molar-refractivity contribution in [3.63, 3.8) is 0 Å². The highest BCUT2D eigenvalue weighted by atomic mass is 16.7. The van der Waals surface area contributed by atoms with E-state index in [0.717, 1.165) is 36.6 Å². The Morgan fingerprint density at radius 3 is 2.68 bits per heavy atom. The third-order valence-electron chi connectivity index (χ3n) is 5.34. The molecule has 0 saturated carbocycles. The molecular weight excluding hydrogens is 352 g/mol. The minimum absolute atomic E-state index is 0.164. The maximum absolute atomic E-state index is 12.8. The molecule has 5 heteroatoms. The van der Waals surface area contributed by atoms with Crippen LogP contribution in [0.4, 0.5) is 0 Å². The van der Waals surface area contributed by atoms with E-state index in [0.29, 0.717) is 19.6 Å². The number of nitrogens with zero attached hydrogens (tertiary/aromatic N) is 2. The molecule has 2 aromatic rings. The Labute approximate surface area is 166 Å². The van der Waals surface area contributed by atoms with Crippen molar-refractivity contribution in [3.05, 3.63) is 65.7 Å². The molecule has 146 valence electrons. The van der Waals surface area contributed by atoms with Crippen LogP contribution >= 0.6 is 0 Å². The minimum Gasteiger partial charge on any atom is -0.454 e. The summed E-state index contributed by atoms with van der Waals surface area (Å²) in [7, 11) is 0. The molecule has 0 fully saturated rings. The Kier molecular flexibility index (Phi) is 5.63. The van der Waals surface area contributed by atoms with Crippen LogP contribution < -0.4 is 9.47 Å². The maximum atomic E-state index is 12.8. The van der Waals surface area contributed by atoms with E-state index >= 15 is 0 Å². The van der Waals surface area contributed by atoms with E-state index in [4.69, 9.17) is 9.47 Å². The van der Waals surface area contributed by atoms with Gasteiger partial charge in [-0.2, -0.15) is 0 Å². The van der Waals surface area contributed by atoms with E-state index in [1.165, 1.54) is 11.1 Å². The Hall–Kier alpha value is -2.79. The molecule has 0 aromatic heterocycles. The van der Waals surface area contributed by atoms with Gasteiger partial charge in [0.15, 0.2) is 11.5 Å². The van der Waals surface area contributed by atoms with Gasteiger partial charge in [-0.3, -0.25) is 9.69 Å². The van der Waals surface area contributed by atoms with Crippen LogP contribution in [0.15, 0.2) is 54.6 Å². The third kappa shape index (κ3) is 4.20. The van der Waals surface area contributed by atoms with Crippen molar-refractivity contribution < 1.29 is 14.3 Å². The number of carbonyl (C=O) groups is 1. The fourth-order valence-electron chi connectivity index (χ4n) is 3.70. The topological polar surface area (TPSA) is 42.0 Å². The average Bonchev–Trinajstić information content (AvgIpc) is 3.21. The van der Waals surface area contributed by atoms with E-state index in [1.807, 2.05) is 36.1 Å². The van der Waals surface area contributed by atoms with Crippen molar-refractivity contribution in [2.24, 2.45) is 0 Å². The zero-order valence-corrected chi connectivity index (χ0v) is 16.3.